The number of benzene rings is 6. The summed E-state index contributed by atoms with van der Waals surface area (Å²) in [5, 5.41) is 0. The fraction of sp³-hybridized carbons (Fsp3) is 0.0909. The Morgan fingerprint density at radius 1 is 0.308 bits per heavy atom. The van der Waals surface area contributed by atoms with Gasteiger partial charge in [-0.25, -0.2) is 19.2 Å². The van der Waals surface area contributed by atoms with E-state index in [2.05, 4.69) is 0 Å². The molecule has 258 valence electrons. The van der Waals surface area contributed by atoms with Crippen molar-refractivity contribution < 1.29 is 38.1 Å². The van der Waals surface area contributed by atoms with Crippen molar-refractivity contribution in [2.45, 2.75) is 26.4 Å². The summed E-state index contributed by atoms with van der Waals surface area (Å²) in [6.07, 6.45) is 0. The van der Waals surface area contributed by atoms with E-state index in [4.69, 9.17) is 18.9 Å². The smallest absolute Gasteiger partial charge is 0.339 e. The van der Waals surface area contributed by atoms with Crippen LogP contribution in [0.15, 0.2) is 158 Å². The van der Waals surface area contributed by atoms with Crippen LogP contribution in [0.3, 0.4) is 0 Å². The molecule has 0 fully saturated rings. The fourth-order valence-corrected chi connectivity index (χ4v) is 5.34. The highest BCUT2D eigenvalue weighted by atomic mass is 16.5. The third kappa shape index (κ3) is 9.25. The van der Waals surface area contributed by atoms with Gasteiger partial charge in [0.2, 0.25) is 0 Å². The maximum atomic E-state index is 13.6. The number of ether oxygens (including phenoxy) is 4. The van der Waals surface area contributed by atoms with Crippen LogP contribution in [0.2, 0.25) is 0 Å². The maximum Gasteiger partial charge on any atom is 0.339 e. The van der Waals surface area contributed by atoms with E-state index in [9.17, 15) is 19.2 Å². The van der Waals surface area contributed by atoms with Gasteiger partial charge in [-0.15, -0.1) is 0 Å². The molecule has 0 aliphatic heterocycles. The minimum absolute atomic E-state index is 0.0101. The zero-order valence-electron chi connectivity index (χ0n) is 28.1. The van der Waals surface area contributed by atoms with E-state index >= 15 is 0 Å². The summed E-state index contributed by atoms with van der Waals surface area (Å²) in [6, 6.07) is 46.0. The largest absolute Gasteiger partial charge is 0.457 e. The van der Waals surface area contributed by atoms with E-state index in [0.717, 1.165) is 22.3 Å². The van der Waals surface area contributed by atoms with E-state index in [1.165, 1.54) is 24.3 Å². The number of rotatable bonds is 13. The van der Waals surface area contributed by atoms with Crippen LogP contribution in [-0.4, -0.2) is 23.9 Å². The zero-order chi connectivity index (χ0) is 36.1. The SMILES string of the molecule is O=C(OCc1ccccc1)c1ccc(-c2ccc(C(=O)OCc3ccccc3)c(C(=O)OCc3ccccc3)c2)cc1C(=O)OCc1ccccc1. The highest BCUT2D eigenvalue weighted by molar-refractivity contribution is 6.06. The Labute approximate surface area is 301 Å². The van der Waals surface area contributed by atoms with Gasteiger partial charge in [0, 0.05) is 0 Å². The number of esters is 4. The summed E-state index contributed by atoms with van der Waals surface area (Å²) in [4.78, 5) is 53.8. The lowest BCUT2D eigenvalue weighted by atomic mass is 9.95. The van der Waals surface area contributed by atoms with Gasteiger partial charge >= 0.3 is 23.9 Å². The average Bonchev–Trinajstić information content (AvgIpc) is 3.21. The van der Waals surface area contributed by atoms with Gasteiger partial charge in [-0.1, -0.05) is 133 Å². The first-order valence-electron chi connectivity index (χ1n) is 16.6. The minimum Gasteiger partial charge on any atom is -0.457 e. The summed E-state index contributed by atoms with van der Waals surface area (Å²) >= 11 is 0. The first-order valence-corrected chi connectivity index (χ1v) is 16.6. The summed E-state index contributed by atoms with van der Waals surface area (Å²) in [6.45, 7) is -0.00831. The van der Waals surface area contributed by atoms with Crippen LogP contribution < -0.4 is 0 Å². The summed E-state index contributed by atoms with van der Waals surface area (Å²) < 4.78 is 22.4. The van der Waals surface area contributed by atoms with Crippen LogP contribution in [0.1, 0.15) is 63.7 Å². The lowest BCUT2D eigenvalue weighted by Gasteiger charge is -2.14. The molecule has 0 radical (unpaired) electrons. The topological polar surface area (TPSA) is 105 Å². The Kier molecular flexibility index (Phi) is 11.6. The number of carbonyl (C=O) groups excluding carboxylic acids is 4. The van der Waals surface area contributed by atoms with Gasteiger partial charge < -0.3 is 18.9 Å². The molecule has 0 heterocycles. The van der Waals surface area contributed by atoms with Gasteiger partial charge in [0.25, 0.3) is 0 Å². The molecule has 0 amide bonds. The molecule has 0 saturated carbocycles. The standard InChI is InChI=1S/C44H34O8/c45-41(49-27-31-13-5-1-6-14-31)37-23-21-35(25-39(37)43(47)51-29-33-17-9-3-10-18-33)36-22-24-38(42(46)50-28-32-15-7-2-8-16-32)40(26-36)44(48)52-30-34-19-11-4-12-20-34/h1-26H,27-30H2. The lowest BCUT2D eigenvalue weighted by molar-refractivity contribution is 0.0425. The Morgan fingerprint density at radius 3 is 0.827 bits per heavy atom. The molecule has 0 aromatic heterocycles. The molecule has 0 N–H and O–H groups in total. The molecule has 0 aliphatic rings. The van der Waals surface area contributed by atoms with Gasteiger partial charge in [0.15, 0.2) is 0 Å². The predicted octanol–water partition coefficient (Wildman–Crippen LogP) is 8.78. The van der Waals surface area contributed by atoms with Crippen LogP contribution in [0.5, 0.6) is 0 Å². The van der Waals surface area contributed by atoms with Crippen molar-refractivity contribution in [1.82, 2.24) is 0 Å². The molecule has 0 spiro atoms. The molecule has 8 heteroatoms. The highest BCUT2D eigenvalue weighted by Gasteiger charge is 2.24. The molecular formula is C44H34O8. The minimum atomic E-state index is -0.735. The third-order valence-electron chi connectivity index (χ3n) is 8.10. The predicted molar refractivity (Wildman–Crippen MR) is 194 cm³/mol. The Balaban J connectivity index is 1.31. The maximum absolute atomic E-state index is 13.6. The Morgan fingerprint density at radius 2 is 0.558 bits per heavy atom. The van der Waals surface area contributed by atoms with E-state index < -0.39 is 23.9 Å². The van der Waals surface area contributed by atoms with Gasteiger partial charge in [-0.3, -0.25) is 0 Å². The first-order chi connectivity index (χ1) is 25.4. The highest BCUT2D eigenvalue weighted by Crippen LogP contribution is 2.28. The van der Waals surface area contributed by atoms with Crippen molar-refractivity contribution in [1.29, 1.82) is 0 Å². The molecule has 0 aliphatic carbocycles. The first kappa shape index (κ1) is 35.0. The van der Waals surface area contributed by atoms with Crippen LogP contribution >= 0.6 is 0 Å². The van der Waals surface area contributed by atoms with Gasteiger partial charge in [-0.2, -0.15) is 0 Å². The molecule has 8 nitrogen and oxygen atoms in total. The molecule has 6 aromatic carbocycles. The van der Waals surface area contributed by atoms with E-state index in [1.807, 2.05) is 121 Å². The van der Waals surface area contributed by atoms with Crippen molar-refractivity contribution in [3.8, 4) is 11.1 Å². The van der Waals surface area contributed by atoms with Gasteiger partial charge in [0.1, 0.15) is 26.4 Å². The second-order valence-corrected chi connectivity index (χ2v) is 11.8. The monoisotopic (exact) mass is 690 g/mol. The van der Waals surface area contributed by atoms with E-state index in [0.29, 0.717) is 11.1 Å². The van der Waals surface area contributed by atoms with Crippen LogP contribution in [0, 0.1) is 0 Å². The van der Waals surface area contributed by atoms with Crippen LogP contribution in [-0.2, 0) is 45.4 Å². The second kappa shape index (κ2) is 17.2. The average molecular weight is 691 g/mol. The van der Waals surface area contributed by atoms with Crippen LogP contribution in [0.25, 0.3) is 11.1 Å². The number of carbonyl (C=O) groups is 4. The van der Waals surface area contributed by atoms with Gasteiger partial charge in [-0.05, 0) is 57.6 Å². The summed E-state index contributed by atoms with van der Waals surface area (Å²) in [5.41, 5.74) is 4.06. The van der Waals surface area contributed by atoms with Crippen molar-refractivity contribution in [3.05, 3.63) is 202 Å². The molecule has 0 unspecified atom stereocenters. The van der Waals surface area contributed by atoms with Crippen LogP contribution in [0.4, 0.5) is 0 Å². The van der Waals surface area contributed by atoms with E-state index in [-0.39, 0.29) is 48.7 Å². The van der Waals surface area contributed by atoms with Crippen molar-refractivity contribution in [2.75, 3.05) is 0 Å². The van der Waals surface area contributed by atoms with Crippen molar-refractivity contribution in [3.63, 3.8) is 0 Å². The number of hydrogen-bond donors (Lipinski definition) is 0. The normalized spacial score (nSPS) is 10.5. The van der Waals surface area contributed by atoms with Crippen molar-refractivity contribution >= 4 is 23.9 Å². The summed E-state index contributed by atoms with van der Waals surface area (Å²) in [7, 11) is 0. The second-order valence-electron chi connectivity index (χ2n) is 11.8. The third-order valence-corrected chi connectivity index (χ3v) is 8.10. The van der Waals surface area contributed by atoms with E-state index in [1.54, 1.807) is 12.1 Å². The summed E-state index contributed by atoms with van der Waals surface area (Å²) in [5.74, 6) is -2.88. The fourth-order valence-electron chi connectivity index (χ4n) is 5.34. The Bertz CT molecular complexity index is 1990. The van der Waals surface area contributed by atoms with Crippen molar-refractivity contribution in [2.24, 2.45) is 0 Å². The Hall–Kier alpha value is -6.80. The zero-order valence-corrected chi connectivity index (χ0v) is 28.1. The quantitative estimate of drug-likeness (QED) is 0.0875. The molecule has 6 rings (SSSR count). The molecule has 0 bridgehead atoms. The molecule has 0 atom stereocenters. The molecule has 52 heavy (non-hydrogen) atoms. The molecule has 6 aromatic rings. The molecule has 0 saturated heterocycles. The lowest BCUT2D eigenvalue weighted by Crippen LogP contribution is -2.15. The number of hydrogen-bond acceptors (Lipinski definition) is 8. The van der Waals surface area contributed by atoms with Gasteiger partial charge in [0.05, 0.1) is 22.3 Å². The molecular weight excluding hydrogens is 656 g/mol.